The summed E-state index contributed by atoms with van der Waals surface area (Å²) in [7, 11) is 0. The summed E-state index contributed by atoms with van der Waals surface area (Å²) >= 11 is 6.38. The normalized spacial score (nSPS) is 14.5. The van der Waals surface area contributed by atoms with Crippen LogP contribution in [0.3, 0.4) is 0 Å². The van der Waals surface area contributed by atoms with Gasteiger partial charge in [-0.15, -0.1) is 0 Å². The summed E-state index contributed by atoms with van der Waals surface area (Å²) in [6, 6.07) is 1.69. The van der Waals surface area contributed by atoms with E-state index in [-0.39, 0.29) is 5.91 Å². The number of amides is 1. The molecule has 1 aliphatic rings. The number of carbonyl (C=O) groups is 1. The van der Waals surface area contributed by atoms with Gasteiger partial charge in [-0.2, -0.15) is 5.10 Å². The number of aromatic nitrogens is 3. The van der Waals surface area contributed by atoms with Gasteiger partial charge in [0.05, 0.1) is 29.0 Å². The zero-order valence-corrected chi connectivity index (χ0v) is 17.5. The molecule has 28 heavy (non-hydrogen) atoms. The summed E-state index contributed by atoms with van der Waals surface area (Å²) in [6.45, 7) is 9.79. The number of nitrogens with zero attached hydrogens (tertiary/aromatic N) is 5. The fourth-order valence-corrected chi connectivity index (χ4v) is 3.61. The van der Waals surface area contributed by atoms with E-state index in [2.05, 4.69) is 34.1 Å². The van der Waals surface area contributed by atoms with Crippen LogP contribution in [0, 0.1) is 0 Å². The first kappa shape index (κ1) is 20.6. The molecule has 0 radical (unpaired) electrons. The Morgan fingerprint density at radius 2 is 1.96 bits per heavy atom. The zero-order chi connectivity index (χ0) is 19.9. The van der Waals surface area contributed by atoms with Crippen LogP contribution in [-0.2, 0) is 6.54 Å². The van der Waals surface area contributed by atoms with Crippen LogP contribution < -0.4 is 5.32 Å². The van der Waals surface area contributed by atoms with Crippen molar-refractivity contribution in [2.24, 2.45) is 0 Å². The molecule has 7 nitrogen and oxygen atoms in total. The smallest absolute Gasteiger partial charge is 0.255 e. The number of nitrogens with one attached hydrogen (secondary N) is 1. The van der Waals surface area contributed by atoms with Gasteiger partial charge < -0.3 is 15.1 Å². The van der Waals surface area contributed by atoms with E-state index in [4.69, 9.17) is 11.6 Å². The van der Waals surface area contributed by atoms with Crippen molar-refractivity contribution in [1.29, 1.82) is 0 Å². The van der Waals surface area contributed by atoms with Crippen LogP contribution in [0.4, 0.5) is 11.5 Å². The SMILES string of the molecule is CCN(CC)CCn1cc(Nc2ncc(C(=O)N3CCCCC3)cc2Cl)cn1. The standard InChI is InChI=1S/C20H29ClN6O/c1-3-25(4-2)10-11-27-15-17(14-23-27)24-19-18(21)12-16(13-22-19)20(28)26-8-6-5-7-9-26/h12-15H,3-11H2,1-2H3,(H,22,24). The summed E-state index contributed by atoms with van der Waals surface area (Å²) in [5.74, 6) is 0.532. The van der Waals surface area contributed by atoms with Crippen LogP contribution in [0.25, 0.3) is 0 Å². The molecule has 0 aromatic carbocycles. The summed E-state index contributed by atoms with van der Waals surface area (Å²) in [4.78, 5) is 21.2. The Kier molecular flexibility index (Phi) is 7.28. The van der Waals surface area contributed by atoms with Crippen molar-refractivity contribution < 1.29 is 4.79 Å². The Morgan fingerprint density at radius 3 is 2.64 bits per heavy atom. The van der Waals surface area contributed by atoms with Gasteiger partial charge in [0.1, 0.15) is 5.82 Å². The molecule has 1 amide bonds. The highest BCUT2D eigenvalue weighted by molar-refractivity contribution is 6.33. The number of pyridine rings is 1. The Labute approximate surface area is 171 Å². The zero-order valence-electron chi connectivity index (χ0n) is 16.7. The Morgan fingerprint density at radius 1 is 1.21 bits per heavy atom. The monoisotopic (exact) mass is 404 g/mol. The molecule has 0 spiro atoms. The maximum absolute atomic E-state index is 12.6. The summed E-state index contributed by atoms with van der Waals surface area (Å²) in [5.41, 5.74) is 1.36. The van der Waals surface area contributed by atoms with Gasteiger partial charge in [0, 0.05) is 32.0 Å². The lowest BCUT2D eigenvalue weighted by Gasteiger charge is -2.26. The lowest BCUT2D eigenvalue weighted by atomic mass is 10.1. The molecule has 0 unspecified atom stereocenters. The number of rotatable bonds is 8. The number of carbonyl (C=O) groups excluding carboxylic acids is 1. The number of halogens is 1. The number of anilines is 2. The van der Waals surface area contributed by atoms with E-state index in [1.54, 1.807) is 18.5 Å². The van der Waals surface area contributed by atoms with E-state index < -0.39 is 0 Å². The summed E-state index contributed by atoms with van der Waals surface area (Å²) < 4.78 is 1.91. The van der Waals surface area contributed by atoms with E-state index in [9.17, 15) is 4.79 Å². The van der Waals surface area contributed by atoms with Crippen LogP contribution in [-0.4, -0.2) is 63.2 Å². The second-order valence-corrected chi connectivity index (χ2v) is 7.46. The molecule has 2 aromatic heterocycles. The molecular weight excluding hydrogens is 376 g/mol. The average molecular weight is 405 g/mol. The molecule has 3 rings (SSSR count). The summed E-state index contributed by atoms with van der Waals surface area (Å²) in [6.07, 6.45) is 8.60. The number of piperidine rings is 1. The molecule has 2 aromatic rings. The fourth-order valence-electron chi connectivity index (χ4n) is 3.40. The van der Waals surface area contributed by atoms with Gasteiger partial charge in [-0.25, -0.2) is 4.98 Å². The van der Waals surface area contributed by atoms with Gasteiger partial charge in [0.2, 0.25) is 0 Å². The highest BCUT2D eigenvalue weighted by atomic mass is 35.5. The molecule has 1 fully saturated rings. The van der Waals surface area contributed by atoms with Crippen molar-refractivity contribution in [3.05, 3.63) is 35.2 Å². The van der Waals surface area contributed by atoms with Crippen LogP contribution in [0.5, 0.6) is 0 Å². The Hall–Kier alpha value is -2.12. The quantitative estimate of drug-likeness (QED) is 0.727. The average Bonchev–Trinajstić information content (AvgIpc) is 3.18. The summed E-state index contributed by atoms with van der Waals surface area (Å²) in [5, 5.41) is 8.00. The predicted octanol–water partition coefficient (Wildman–Crippen LogP) is 3.64. The van der Waals surface area contributed by atoms with Crippen molar-refractivity contribution >= 4 is 29.0 Å². The molecule has 1 N–H and O–H groups in total. The van der Waals surface area contributed by atoms with Crippen molar-refractivity contribution in [3.8, 4) is 0 Å². The number of likely N-dealkylation sites (N-methyl/N-ethyl adjacent to an activating group) is 1. The Bertz CT molecular complexity index is 783. The van der Waals surface area contributed by atoms with E-state index in [1.165, 1.54) is 6.42 Å². The van der Waals surface area contributed by atoms with Crippen LogP contribution in [0.15, 0.2) is 24.7 Å². The van der Waals surface area contributed by atoms with Gasteiger partial charge in [0.25, 0.3) is 5.91 Å². The maximum atomic E-state index is 12.6. The third-order valence-electron chi connectivity index (χ3n) is 5.17. The number of hydrogen-bond acceptors (Lipinski definition) is 5. The minimum Gasteiger partial charge on any atom is -0.339 e. The highest BCUT2D eigenvalue weighted by Crippen LogP contribution is 2.25. The lowest BCUT2D eigenvalue weighted by Crippen LogP contribution is -2.35. The van der Waals surface area contributed by atoms with Gasteiger partial charge in [-0.1, -0.05) is 25.4 Å². The van der Waals surface area contributed by atoms with Crippen molar-refractivity contribution in [3.63, 3.8) is 0 Å². The van der Waals surface area contributed by atoms with Crippen LogP contribution in [0.2, 0.25) is 5.02 Å². The van der Waals surface area contributed by atoms with E-state index >= 15 is 0 Å². The molecular formula is C20H29ClN6O. The molecule has 0 aliphatic carbocycles. The molecule has 0 bridgehead atoms. The molecule has 3 heterocycles. The molecule has 0 atom stereocenters. The molecule has 0 saturated carbocycles. The van der Waals surface area contributed by atoms with Crippen LogP contribution in [0.1, 0.15) is 43.5 Å². The third kappa shape index (κ3) is 5.23. The van der Waals surface area contributed by atoms with Gasteiger partial charge >= 0.3 is 0 Å². The first-order valence-corrected chi connectivity index (χ1v) is 10.4. The fraction of sp³-hybridized carbons (Fsp3) is 0.550. The second kappa shape index (κ2) is 9.89. The van der Waals surface area contributed by atoms with Crippen LogP contribution >= 0.6 is 11.6 Å². The first-order chi connectivity index (χ1) is 13.6. The van der Waals surface area contributed by atoms with Gasteiger partial charge in [-0.3, -0.25) is 9.48 Å². The first-order valence-electron chi connectivity index (χ1n) is 10.1. The Balaban J connectivity index is 1.61. The second-order valence-electron chi connectivity index (χ2n) is 7.05. The van der Waals surface area contributed by atoms with Gasteiger partial charge in [0.15, 0.2) is 0 Å². The lowest BCUT2D eigenvalue weighted by molar-refractivity contribution is 0.0724. The van der Waals surface area contributed by atoms with Crippen molar-refractivity contribution in [2.75, 3.05) is 38.0 Å². The maximum Gasteiger partial charge on any atom is 0.255 e. The molecule has 1 aliphatic heterocycles. The molecule has 152 valence electrons. The minimum atomic E-state index is 0.00451. The number of likely N-dealkylation sites (tertiary alicyclic amines) is 1. The largest absolute Gasteiger partial charge is 0.339 e. The highest BCUT2D eigenvalue weighted by Gasteiger charge is 2.19. The van der Waals surface area contributed by atoms with Crippen molar-refractivity contribution in [2.45, 2.75) is 39.7 Å². The van der Waals surface area contributed by atoms with E-state index in [0.717, 1.165) is 57.8 Å². The van der Waals surface area contributed by atoms with Gasteiger partial charge in [-0.05, 0) is 38.4 Å². The molecule has 1 saturated heterocycles. The topological polar surface area (TPSA) is 66.3 Å². The minimum absolute atomic E-state index is 0.00451. The predicted molar refractivity (Wildman–Crippen MR) is 112 cm³/mol. The van der Waals surface area contributed by atoms with E-state index in [1.807, 2.05) is 15.8 Å². The van der Waals surface area contributed by atoms with E-state index in [0.29, 0.717) is 16.4 Å². The third-order valence-corrected chi connectivity index (χ3v) is 5.46. The molecule has 8 heteroatoms. The number of hydrogen-bond donors (Lipinski definition) is 1. The van der Waals surface area contributed by atoms with Crippen molar-refractivity contribution in [1.82, 2.24) is 24.6 Å².